The fourth-order valence-corrected chi connectivity index (χ4v) is 3.23. The van der Waals surface area contributed by atoms with Crippen molar-refractivity contribution in [2.24, 2.45) is 5.92 Å². The summed E-state index contributed by atoms with van der Waals surface area (Å²) in [7, 11) is 1.64. The molecule has 0 heterocycles. The number of rotatable bonds is 7. The van der Waals surface area contributed by atoms with Crippen LogP contribution in [0.4, 0.5) is 5.69 Å². The molecular weight excluding hydrogens is 417 g/mol. The molecule has 29 heavy (non-hydrogen) atoms. The van der Waals surface area contributed by atoms with Crippen LogP contribution in [0.3, 0.4) is 0 Å². The third kappa shape index (κ3) is 5.92. The Kier molecular flexibility index (Phi) is 7.59. The number of nitrogens with one attached hydrogen (secondary N) is 1. The largest absolute Gasteiger partial charge is 0.340 e. The second-order valence-corrected chi connectivity index (χ2v) is 7.78. The average molecular weight is 438 g/mol. The minimum Gasteiger partial charge on any atom is -0.340 e. The summed E-state index contributed by atoms with van der Waals surface area (Å²) in [6.45, 7) is 3.96. The van der Waals surface area contributed by atoms with E-state index in [1.54, 1.807) is 25.2 Å². The Morgan fingerprint density at radius 1 is 1.17 bits per heavy atom. The maximum absolute atomic E-state index is 12.9. The van der Waals surface area contributed by atoms with Crippen LogP contribution in [0.25, 0.3) is 0 Å². The van der Waals surface area contributed by atoms with Crippen LogP contribution < -0.4 is 5.32 Å². The average Bonchev–Trinajstić information content (AvgIpc) is 2.64. The molecule has 0 aliphatic rings. The molecule has 2 aromatic carbocycles. The zero-order valence-corrected chi connectivity index (χ0v) is 17.7. The highest BCUT2D eigenvalue weighted by Gasteiger charge is 2.28. The van der Waals surface area contributed by atoms with E-state index in [4.69, 9.17) is 23.2 Å². The van der Waals surface area contributed by atoms with Crippen molar-refractivity contribution < 1.29 is 14.5 Å². The SMILES string of the molecule is CC(C)C(NC(=O)c1ccc([N+](=O)[O-])cc1Cl)C(=O)N(C)Cc1cccc(Cl)c1. The molecule has 2 aromatic rings. The molecule has 0 fully saturated rings. The lowest BCUT2D eigenvalue weighted by Gasteiger charge is -2.27. The van der Waals surface area contributed by atoms with Gasteiger partial charge in [-0.1, -0.05) is 49.2 Å². The minimum absolute atomic E-state index is 0.0565. The standard InChI is InChI=1S/C20H21Cl2N3O4/c1-12(2)18(20(27)24(3)11-13-5-4-6-14(21)9-13)23-19(26)16-8-7-15(25(28)29)10-17(16)22/h4-10,12,18H,11H2,1-3H3,(H,23,26). The summed E-state index contributed by atoms with van der Waals surface area (Å²) in [5.41, 5.74) is 0.707. The number of likely N-dealkylation sites (N-methyl/N-ethyl adjacent to an activating group) is 1. The van der Waals surface area contributed by atoms with Gasteiger partial charge in [-0.3, -0.25) is 19.7 Å². The molecule has 2 rings (SSSR count). The van der Waals surface area contributed by atoms with E-state index in [0.717, 1.165) is 11.6 Å². The van der Waals surface area contributed by atoms with Gasteiger partial charge >= 0.3 is 0 Å². The molecule has 0 bridgehead atoms. The van der Waals surface area contributed by atoms with Crippen molar-refractivity contribution in [1.29, 1.82) is 0 Å². The Bertz CT molecular complexity index is 934. The minimum atomic E-state index is -0.794. The van der Waals surface area contributed by atoms with Gasteiger partial charge in [-0.25, -0.2) is 0 Å². The van der Waals surface area contributed by atoms with E-state index < -0.39 is 16.9 Å². The van der Waals surface area contributed by atoms with Crippen LogP contribution in [-0.2, 0) is 11.3 Å². The van der Waals surface area contributed by atoms with Gasteiger partial charge in [0.05, 0.1) is 15.5 Å². The Morgan fingerprint density at radius 3 is 2.41 bits per heavy atom. The van der Waals surface area contributed by atoms with E-state index in [1.807, 2.05) is 19.9 Å². The molecular formula is C20H21Cl2N3O4. The molecule has 1 N–H and O–H groups in total. The number of halogens is 2. The predicted molar refractivity (Wildman–Crippen MR) is 112 cm³/mol. The molecule has 154 valence electrons. The first-order valence-electron chi connectivity index (χ1n) is 8.84. The lowest BCUT2D eigenvalue weighted by molar-refractivity contribution is -0.384. The molecule has 0 radical (unpaired) electrons. The first-order valence-corrected chi connectivity index (χ1v) is 9.60. The van der Waals surface area contributed by atoms with Gasteiger partial charge in [0.2, 0.25) is 5.91 Å². The number of nitro benzene ring substituents is 1. The molecule has 0 spiro atoms. The second kappa shape index (κ2) is 9.71. The van der Waals surface area contributed by atoms with E-state index in [9.17, 15) is 19.7 Å². The summed E-state index contributed by atoms with van der Waals surface area (Å²) >= 11 is 12.0. The van der Waals surface area contributed by atoms with Crippen molar-refractivity contribution in [2.45, 2.75) is 26.4 Å². The van der Waals surface area contributed by atoms with Crippen LogP contribution in [0.2, 0.25) is 10.0 Å². The van der Waals surface area contributed by atoms with Crippen molar-refractivity contribution in [3.63, 3.8) is 0 Å². The van der Waals surface area contributed by atoms with E-state index >= 15 is 0 Å². The Morgan fingerprint density at radius 2 is 1.86 bits per heavy atom. The highest BCUT2D eigenvalue weighted by Crippen LogP contribution is 2.23. The van der Waals surface area contributed by atoms with Gasteiger partial charge in [0.25, 0.3) is 11.6 Å². The summed E-state index contributed by atoms with van der Waals surface area (Å²) in [6.07, 6.45) is 0. The number of non-ortho nitro benzene ring substituents is 1. The second-order valence-electron chi connectivity index (χ2n) is 6.94. The van der Waals surface area contributed by atoms with Gasteiger partial charge in [-0.05, 0) is 29.7 Å². The molecule has 0 aliphatic carbocycles. The molecule has 7 nitrogen and oxygen atoms in total. The quantitative estimate of drug-likeness (QED) is 0.515. The van der Waals surface area contributed by atoms with E-state index in [-0.39, 0.29) is 28.1 Å². The first kappa shape index (κ1) is 22.6. The van der Waals surface area contributed by atoms with Gasteiger partial charge in [0.15, 0.2) is 0 Å². The number of nitrogens with zero attached hydrogens (tertiary/aromatic N) is 2. The van der Waals surface area contributed by atoms with Crippen molar-refractivity contribution in [2.75, 3.05) is 7.05 Å². The number of carbonyl (C=O) groups is 2. The zero-order valence-electron chi connectivity index (χ0n) is 16.2. The van der Waals surface area contributed by atoms with Crippen molar-refractivity contribution in [3.05, 3.63) is 73.8 Å². The van der Waals surface area contributed by atoms with Gasteiger partial charge in [0, 0.05) is 30.7 Å². The normalized spacial score (nSPS) is 11.8. The lowest BCUT2D eigenvalue weighted by atomic mass is 10.0. The smallest absolute Gasteiger partial charge is 0.270 e. The summed E-state index contributed by atoms with van der Waals surface area (Å²) in [6, 6.07) is 9.95. The van der Waals surface area contributed by atoms with Crippen LogP contribution in [-0.4, -0.2) is 34.7 Å². The number of benzene rings is 2. The molecule has 9 heteroatoms. The Labute approximate surface area is 178 Å². The number of nitro groups is 1. The van der Waals surface area contributed by atoms with Gasteiger partial charge in [-0.2, -0.15) is 0 Å². The van der Waals surface area contributed by atoms with Crippen LogP contribution in [0.1, 0.15) is 29.8 Å². The highest BCUT2D eigenvalue weighted by molar-refractivity contribution is 6.34. The topological polar surface area (TPSA) is 92.5 Å². The van der Waals surface area contributed by atoms with Crippen LogP contribution >= 0.6 is 23.2 Å². The zero-order chi connectivity index (χ0) is 21.7. The molecule has 1 unspecified atom stereocenters. The molecule has 0 saturated carbocycles. The number of amides is 2. The van der Waals surface area contributed by atoms with Crippen molar-refractivity contribution in [1.82, 2.24) is 10.2 Å². The van der Waals surface area contributed by atoms with Gasteiger partial charge in [-0.15, -0.1) is 0 Å². The molecule has 1 atom stereocenters. The lowest BCUT2D eigenvalue weighted by Crippen LogP contribution is -2.50. The predicted octanol–water partition coefficient (Wildman–Crippen LogP) is 4.31. The third-order valence-electron chi connectivity index (χ3n) is 4.31. The van der Waals surface area contributed by atoms with Gasteiger partial charge < -0.3 is 10.2 Å². The summed E-state index contributed by atoms with van der Waals surface area (Å²) < 4.78 is 0. The Balaban J connectivity index is 2.15. The third-order valence-corrected chi connectivity index (χ3v) is 4.86. The molecule has 0 aromatic heterocycles. The number of hydrogen-bond donors (Lipinski definition) is 1. The molecule has 0 saturated heterocycles. The number of hydrogen-bond acceptors (Lipinski definition) is 4. The summed E-state index contributed by atoms with van der Waals surface area (Å²) in [5, 5.41) is 14.0. The Hall–Kier alpha value is -2.64. The highest BCUT2D eigenvalue weighted by atomic mass is 35.5. The van der Waals surface area contributed by atoms with Crippen LogP contribution in [0, 0.1) is 16.0 Å². The van der Waals surface area contributed by atoms with E-state index in [1.165, 1.54) is 17.0 Å². The summed E-state index contributed by atoms with van der Waals surface area (Å²) in [5.74, 6) is -1.04. The molecule has 0 aliphatic heterocycles. The maximum atomic E-state index is 12.9. The monoisotopic (exact) mass is 437 g/mol. The van der Waals surface area contributed by atoms with Crippen molar-refractivity contribution in [3.8, 4) is 0 Å². The van der Waals surface area contributed by atoms with E-state index in [2.05, 4.69) is 5.32 Å². The number of carbonyl (C=O) groups excluding carboxylic acids is 2. The first-order chi connectivity index (χ1) is 13.6. The fourth-order valence-electron chi connectivity index (χ4n) is 2.76. The van der Waals surface area contributed by atoms with Crippen LogP contribution in [0.15, 0.2) is 42.5 Å². The van der Waals surface area contributed by atoms with Gasteiger partial charge in [0.1, 0.15) is 6.04 Å². The molecule has 2 amide bonds. The van der Waals surface area contributed by atoms with E-state index in [0.29, 0.717) is 11.6 Å². The maximum Gasteiger partial charge on any atom is 0.270 e. The fraction of sp³-hybridized carbons (Fsp3) is 0.300. The van der Waals surface area contributed by atoms with Crippen LogP contribution in [0.5, 0.6) is 0 Å². The summed E-state index contributed by atoms with van der Waals surface area (Å²) in [4.78, 5) is 37.3. The van der Waals surface area contributed by atoms with Crippen molar-refractivity contribution >= 4 is 40.7 Å².